The average molecular weight is 472 g/mol. The molecular formula is C22H20ClN2O6Si. The average Bonchev–Trinajstić information content (AvgIpc) is 2.81. The molecule has 3 aromatic carbocycles. The van der Waals surface area contributed by atoms with E-state index in [4.69, 9.17) is 20.5 Å². The van der Waals surface area contributed by atoms with Gasteiger partial charge in [-0.3, -0.25) is 20.2 Å². The van der Waals surface area contributed by atoms with Crippen LogP contribution in [0.25, 0.3) is 0 Å². The molecule has 0 aromatic heterocycles. The lowest BCUT2D eigenvalue weighted by Gasteiger charge is -2.22. The minimum atomic E-state index is -2.70. The van der Waals surface area contributed by atoms with Crippen molar-refractivity contribution in [3.05, 3.63) is 122 Å². The topological polar surface area (TPSA) is 105 Å². The molecule has 0 aliphatic carbocycles. The molecule has 0 saturated carbocycles. The van der Waals surface area contributed by atoms with Crippen molar-refractivity contribution < 1.29 is 18.7 Å². The largest absolute Gasteiger partial charge is 0.434 e. The molecule has 32 heavy (non-hydrogen) atoms. The summed E-state index contributed by atoms with van der Waals surface area (Å²) in [6.45, 7) is 0. The summed E-state index contributed by atoms with van der Waals surface area (Å²) >= 11 is 5.93. The Kier molecular flexibility index (Phi) is 8.46. The molecule has 10 heteroatoms. The third-order valence-electron chi connectivity index (χ3n) is 4.59. The molecule has 8 nitrogen and oxygen atoms in total. The molecule has 165 valence electrons. The summed E-state index contributed by atoms with van der Waals surface area (Å²) in [4.78, 5) is 22.6. The van der Waals surface area contributed by atoms with E-state index in [2.05, 4.69) is 0 Å². The van der Waals surface area contributed by atoms with Crippen molar-refractivity contribution in [2.75, 3.05) is 5.88 Å². The Balaban J connectivity index is 2.03. The number of rotatable bonds is 11. The molecule has 0 aliphatic heterocycles. The van der Waals surface area contributed by atoms with Gasteiger partial charge in [-0.2, -0.15) is 0 Å². The molecule has 0 bridgehead atoms. The molecule has 0 amide bonds. The molecule has 3 rings (SSSR count). The zero-order valence-corrected chi connectivity index (χ0v) is 18.6. The smallest absolute Gasteiger partial charge is 0.323 e. The predicted octanol–water partition coefficient (Wildman–Crippen LogP) is 4.15. The summed E-state index contributed by atoms with van der Waals surface area (Å²) in [5, 5.41) is 24.3. The first-order chi connectivity index (χ1) is 15.5. The Hall–Kier alpha value is -3.11. The van der Waals surface area contributed by atoms with Crippen molar-refractivity contribution in [1.29, 1.82) is 0 Å². The van der Waals surface area contributed by atoms with E-state index in [1.165, 1.54) is 0 Å². The van der Waals surface area contributed by atoms with Gasteiger partial charge >= 0.3 is 21.7 Å². The van der Waals surface area contributed by atoms with Crippen molar-refractivity contribution in [3.8, 4) is 0 Å². The van der Waals surface area contributed by atoms with E-state index >= 15 is 0 Å². The quantitative estimate of drug-likeness (QED) is 0.137. The Morgan fingerprint density at radius 1 is 0.750 bits per heavy atom. The zero-order valence-electron chi connectivity index (χ0n) is 16.9. The van der Waals surface area contributed by atoms with E-state index in [-0.39, 0.29) is 0 Å². The van der Waals surface area contributed by atoms with Crippen molar-refractivity contribution in [3.63, 3.8) is 0 Å². The number of hydrogen-bond donors (Lipinski definition) is 0. The molecule has 0 aliphatic rings. The van der Waals surface area contributed by atoms with Gasteiger partial charge in [-0.05, 0) is 41.4 Å². The van der Waals surface area contributed by atoms with Gasteiger partial charge in [0.15, 0.2) is 0 Å². The van der Waals surface area contributed by atoms with Gasteiger partial charge in [-0.1, -0.05) is 60.7 Å². The Morgan fingerprint density at radius 3 is 1.62 bits per heavy atom. The van der Waals surface area contributed by atoms with Crippen molar-refractivity contribution in [2.24, 2.45) is 0 Å². The maximum Gasteiger partial charge on any atom is 0.434 e. The maximum absolute atomic E-state index is 11.9. The molecule has 0 saturated heterocycles. The van der Waals surface area contributed by atoms with E-state index in [0.717, 1.165) is 5.56 Å². The number of nitrogens with zero attached hydrogens (tertiary/aromatic N) is 2. The van der Waals surface area contributed by atoms with Gasteiger partial charge in [0.25, 0.3) is 0 Å². The molecule has 0 spiro atoms. The van der Waals surface area contributed by atoms with Gasteiger partial charge in [0.2, 0.25) is 0 Å². The lowest BCUT2D eigenvalue weighted by atomic mass is 10.2. The first-order valence-electron chi connectivity index (χ1n) is 9.72. The molecule has 2 unspecified atom stereocenters. The minimum absolute atomic E-state index is 0.306. The van der Waals surface area contributed by atoms with Crippen LogP contribution in [0.15, 0.2) is 84.9 Å². The molecule has 3 aromatic rings. The van der Waals surface area contributed by atoms with Crippen LogP contribution in [-0.2, 0) is 15.3 Å². The fourth-order valence-electron chi connectivity index (χ4n) is 3.10. The summed E-state index contributed by atoms with van der Waals surface area (Å²) in [6.07, 6.45) is -2.63. The van der Waals surface area contributed by atoms with E-state index in [1.54, 1.807) is 78.9 Å². The van der Waals surface area contributed by atoms with Gasteiger partial charge < -0.3 is 8.85 Å². The van der Waals surface area contributed by atoms with Gasteiger partial charge in [0, 0.05) is 5.88 Å². The van der Waals surface area contributed by atoms with Crippen molar-refractivity contribution in [2.45, 2.75) is 18.9 Å². The highest BCUT2D eigenvalue weighted by atomic mass is 35.5. The number of halogens is 1. The lowest BCUT2D eigenvalue weighted by Crippen LogP contribution is -2.43. The van der Waals surface area contributed by atoms with Crippen LogP contribution in [0.5, 0.6) is 0 Å². The number of nitro groups is 2. The van der Waals surface area contributed by atoms with Gasteiger partial charge in [0.1, 0.15) is 0 Å². The summed E-state index contributed by atoms with van der Waals surface area (Å²) in [7, 11) is -2.70. The van der Waals surface area contributed by atoms with E-state index < -0.39 is 31.6 Å². The SMILES string of the molecule is O=[N+]([O-])C(O[Si](OC(c1ccccc1)[N+](=O)[O-])c1ccccc1CCCl)c1ccccc1. The van der Waals surface area contributed by atoms with E-state index in [0.29, 0.717) is 28.6 Å². The molecule has 2 atom stereocenters. The normalized spacial score (nSPS) is 12.9. The molecule has 0 N–H and O–H groups in total. The second kappa shape index (κ2) is 11.5. The summed E-state index contributed by atoms with van der Waals surface area (Å²) in [6, 6.07) is 23.4. The fourth-order valence-corrected chi connectivity index (χ4v) is 5.16. The molecule has 0 fully saturated rings. The standard InChI is InChI=1S/C22H20ClN2O6Si/c23-16-15-17-9-7-8-14-20(17)32(30-21(24(26)27)18-10-3-1-4-11-18)31-22(25(28)29)19-12-5-2-6-13-19/h1-14,21-22H,15-16H2. The van der Waals surface area contributed by atoms with Crippen LogP contribution in [0.4, 0.5) is 0 Å². The van der Waals surface area contributed by atoms with E-state index in [1.807, 2.05) is 6.07 Å². The number of benzene rings is 3. The Bertz CT molecular complexity index is 981. The fraction of sp³-hybridized carbons (Fsp3) is 0.182. The van der Waals surface area contributed by atoms with Crippen LogP contribution in [0.3, 0.4) is 0 Å². The monoisotopic (exact) mass is 471 g/mol. The van der Waals surface area contributed by atoms with Crippen LogP contribution >= 0.6 is 11.6 Å². The molecule has 0 heterocycles. The van der Waals surface area contributed by atoms with Crippen LogP contribution in [-0.4, -0.2) is 25.0 Å². The summed E-state index contributed by atoms with van der Waals surface area (Å²) in [5.41, 5.74) is 1.40. The van der Waals surface area contributed by atoms with Crippen molar-refractivity contribution in [1.82, 2.24) is 0 Å². The lowest BCUT2D eigenvalue weighted by molar-refractivity contribution is -0.583. The third-order valence-corrected chi connectivity index (χ3v) is 6.58. The Morgan fingerprint density at radius 2 is 1.19 bits per heavy atom. The first-order valence-corrected chi connectivity index (χ1v) is 11.6. The maximum atomic E-state index is 11.9. The van der Waals surface area contributed by atoms with Crippen LogP contribution in [0, 0.1) is 20.2 Å². The number of alkyl halides is 1. The summed E-state index contributed by atoms with van der Waals surface area (Å²) < 4.78 is 11.8. The third kappa shape index (κ3) is 5.98. The van der Waals surface area contributed by atoms with Gasteiger partial charge in [-0.25, -0.2) is 0 Å². The van der Waals surface area contributed by atoms with Gasteiger partial charge in [0.05, 0.1) is 21.0 Å². The second-order valence-corrected chi connectivity index (χ2v) is 8.68. The zero-order chi connectivity index (χ0) is 22.9. The van der Waals surface area contributed by atoms with Crippen LogP contribution in [0.2, 0.25) is 0 Å². The Labute approximate surface area is 191 Å². The number of aryl methyl sites for hydroxylation is 1. The summed E-state index contributed by atoms with van der Waals surface area (Å²) in [5.74, 6) is 0.306. The molecular weight excluding hydrogens is 452 g/mol. The highest BCUT2D eigenvalue weighted by Gasteiger charge is 2.38. The predicted molar refractivity (Wildman–Crippen MR) is 121 cm³/mol. The van der Waals surface area contributed by atoms with Crippen LogP contribution in [0.1, 0.15) is 29.1 Å². The van der Waals surface area contributed by atoms with Crippen molar-refractivity contribution >= 4 is 26.1 Å². The second-order valence-electron chi connectivity index (χ2n) is 6.72. The van der Waals surface area contributed by atoms with E-state index in [9.17, 15) is 20.2 Å². The molecule has 1 radical (unpaired) electrons. The number of hydrogen-bond acceptors (Lipinski definition) is 6. The highest BCUT2D eigenvalue weighted by molar-refractivity contribution is 6.62. The van der Waals surface area contributed by atoms with Gasteiger partial charge in [-0.15, -0.1) is 11.6 Å². The minimum Gasteiger partial charge on any atom is -0.323 e. The highest BCUT2D eigenvalue weighted by Crippen LogP contribution is 2.24. The van der Waals surface area contributed by atoms with Crippen LogP contribution < -0.4 is 5.19 Å². The first kappa shape index (κ1) is 23.5.